The lowest BCUT2D eigenvalue weighted by Gasteiger charge is -2.04. The van der Waals surface area contributed by atoms with E-state index >= 15 is 0 Å². The number of hydrogen-bond donors (Lipinski definition) is 1. The minimum Gasteiger partial charge on any atom is -0.321 e. The Kier molecular flexibility index (Phi) is 4.43. The Balaban J connectivity index is 2.15. The zero-order valence-corrected chi connectivity index (χ0v) is 12.8. The van der Waals surface area contributed by atoms with Gasteiger partial charge in [-0.1, -0.05) is 12.1 Å². The number of anilines is 1. The van der Waals surface area contributed by atoms with Crippen molar-refractivity contribution in [3.63, 3.8) is 0 Å². The van der Waals surface area contributed by atoms with Gasteiger partial charge in [-0.2, -0.15) is 0 Å². The molecule has 0 aliphatic carbocycles. The third kappa shape index (κ3) is 3.13. The average Bonchev–Trinajstić information content (AvgIpc) is 2.70. The van der Waals surface area contributed by atoms with Gasteiger partial charge in [-0.15, -0.1) is 22.9 Å². The minimum atomic E-state index is -0.0967. The third-order valence-electron chi connectivity index (χ3n) is 2.42. The van der Waals surface area contributed by atoms with Crippen molar-refractivity contribution in [2.45, 2.75) is 12.8 Å². The van der Waals surface area contributed by atoms with E-state index in [4.69, 9.17) is 11.6 Å². The molecule has 1 aromatic heterocycles. The summed E-state index contributed by atoms with van der Waals surface area (Å²) in [5.41, 5.74) is 2.82. The number of nitrogens with one attached hydrogen (secondary N) is 1. The monoisotopic (exact) mass is 343 g/mol. The van der Waals surface area contributed by atoms with Crippen LogP contribution < -0.4 is 5.32 Å². The summed E-state index contributed by atoms with van der Waals surface area (Å²) in [5, 5.41) is 2.87. The van der Waals surface area contributed by atoms with Gasteiger partial charge in [0, 0.05) is 11.6 Å². The summed E-state index contributed by atoms with van der Waals surface area (Å²) in [6.07, 6.45) is 0. The number of rotatable bonds is 3. The van der Waals surface area contributed by atoms with Gasteiger partial charge < -0.3 is 5.32 Å². The zero-order valence-electron chi connectivity index (χ0n) is 9.67. The lowest BCUT2D eigenvalue weighted by molar-refractivity contribution is 0.103. The zero-order chi connectivity index (χ0) is 13.1. The van der Waals surface area contributed by atoms with Crippen molar-refractivity contribution in [2.24, 2.45) is 0 Å². The standard InChI is InChI=1S/C13H11BrClNOS/c1-8-5-11(18-12(8)14)13(17)16-10-4-2-3-9(6-10)7-15/h2-6H,7H2,1H3,(H,16,17). The summed E-state index contributed by atoms with van der Waals surface area (Å²) in [6, 6.07) is 9.40. The summed E-state index contributed by atoms with van der Waals surface area (Å²) in [5.74, 6) is 0.341. The number of halogens is 2. The summed E-state index contributed by atoms with van der Waals surface area (Å²) in [4.78, 5) is 12.7. The maximum absolute atomic E-state index is 12.0. The van der Waals surface area contributed by atoms with Gasteiger partial charge in [-0.25, -0.2) is 0 Å². The molecule has 0 spiro atoms. The predicted octanol–water partition coefficient (Wildman–Crippen LogP) is 4.81. The molecule has 0 unspecified atom stereocenters. The number of thiophene rings is 1. The molecule has 0 atom stereocenters. The van der Waals surface area contributed by atoms with Crippen molar-refractivity contribution in [3.05, 3.63) is 50.1 Å². The van der Waals surface area contributed by atoms with Gasteiger partial charge >= 0.3 is 0 Å². The molecule has 18 heavy (non-hydrogen) atoms. The second-order valence-corrected chi connectivity index (χ2v) is 6.49. The molecule has 1 amide bonds. The molecule has 1 heterocycles. The second-order valence-electron chi connectivity index (χ2n) is 3.86. The number of carbonyl (C=O) groups excluding carboxylic acids is 1. The molecule has 0 radical (unpaired) electrons. The van der Waals surface area contributed by atoms with Crippen molar-refractivity contribution in [3.8, 4) is 0 Å². The van der Waals surface area contributed by atoms with Crippen LogP contribution in [0.25, 0.3) is 0 Å². The Hall–Kier alpha value is -0.840. The Labute approximate surface area is 123 Å². The van der Waals surface area contributed by atoms with E-state index in [1.165, 1.54) is 11.3 Å². The van der Waals surface area contributed by atoms with Crippen molar-refractivity contribution in [1.82, 2.24) is 0 Å². The van der Waals surface area contributed by atoms with Crippen LogP contribution in [0.4, 0.5) is 5.69 Å². The third-order valence-corrected chi connectivity index (χ3v) is 4.86. The van der Waals surface area contributed by atoms with E-state index in [2.05, 4.69) is 21.2 Å². The lowest BCUT2D eigenvalue weighted by atomic mass is 10.2. The van der Waals surface area contributed by atoms with E-state index in [9.17, 15) is 4.79 Å². The van der Waals surface area contributed by atoms with Gasteiger partial charge in [-0.05, 0) is 52.2 Å². The normalized spacial score (nSPS) is 10.4. The van der Waals surface area contributed by atoms with E-state index in [-0.39, 0.29) is 5.91 Å². The van der Waals surface area contributed by atoms with Crippen LogP contribution in [0.3, 0.4) is 0 Å². The quantitative estimate of drug-likeness (QED) is 0.795. The Bertz CT molecular complexity index is 563. The van der Waals surface area contributed by atoms with Crippen LogP contribution >= 0.6 is 38.9 Å². The summed E-state index contributed by atoms with van der Waals surface area (Å²) < 4.78 is 0.988. The van der Waals surface area contributed by atoms with E-state index < -0.39 is 0 Å². The first-order valence-electron chi connectivity index (χ1n) is 5.32. The smallest absolute Gasteiger partial charge is 0.265 e. The molecule has 1 aromatic carbocycles. The fourth-order valence-corrected chi connectivity index (χ4v) is 3.09. The van der Waals surface area contributed by atoms with Crippen LogP contribution in [0, 0.1) is 6.92 Å². The van der Waals surface area contributed by atoms with E-state index in [1.54, 1.807) is 0 Å². The SMILES string of the molecule is Cc1cc(C(=O)Nc2cccc(CCl)c2)sc1Br. The summed E-state index contributed by atoms with van der Waals surface area (Å²) in [6.45, 7) is 1.96. The number of carbonyl (C=O) groups is 1. The number of aryl methyl sites for hydroxylation is 1. The Morgan fingerprint density at radius 2 is 2.22 bits per heavy atom. The molecule has 0 aliphatic heterocycles. The highest BCUT2D eigenvalue weighted by Gasteiger charge is 2.11. The largest absolute Gasteiger partial charge is 0.321 e. The first-order valence-corrected chi connectivity index (χ1v) is 7.46. The van der Waals surface area contributed by atoms with Crippen molar-refractivity contribution < 1.29 is 4.79 Å². The van der Waals surface area contributed by atoms with Gasteiger partial charge in [0.2, 0.25) is 0 Å². The minimum absolute atomic E-state index is 0.0967. The molecule has 1 N–H and O–H groups in total. The van der Waals surface area contributed by atoms with Crippen LogP contribution in [-0.4, -0.2) is 5.91 Å². The van der Waals surface area contributed by atoms with Crippen molar-refractivity contribution in [1.29, 1.82) is 0 Å². The molecule has 0 fully saturated rings. The molecule has 2 rings (SSSR count). The molecular weight excluding hydrogens is 334 g/mol. The molecule has 0 saturated carbocycles. The first kappa shape index (κ1) is 13.6. The number of alkyl halides is 1. The maximum Gasteiger partial charge on any atom is 0.265 e. The summed E-state index contributed by atoms with van der Waals surface area (Å²) >= 11 is 10.6. The van der Waals surface area contributed by atoms with Crippen molar-refractivity contribution >= 4 is 50.5 Å². The second kappa shape index (κ2) is 5.87. The van der Waals surface area contributed by atoms with Crippen LogP contribution in [-0.2, 0) is 5.88 Å². The molecule has 0 aliphatic rings. The van der Waals surface area contributed by atoms with Gasteiger partial charge in [0.25, 0.3) is 5.91 Å². The molecule has 5 heteroatoms. The Morgan fingerprint density at radius 3 is 2.83 bits per heavy atom. The van der Waals surface area contributed by atoms with Gasteiger partial charge in [0.05, 0.1) is 8.66 Å². The summed E-state index contributed by atoms with van der Waals surface area (Å²) in [7, 11) is 0. The first-order chi connectivity index (χ1) is 8.60. The van der Waals surface area contributed by atoms with Crippen LogP contribution in [0.5, 0.6) is 0 Å². The molecule has 0 bridgehead atoms. The topological polar surface area (TPSA) is 29.1 Å². The molecule has 94 valence electrons. The molecule has 2 nitrogen and oxygen atoms in total. The van der Waals surface area contributed by atoms with Crippen molar-refractivity contribution in [2.75, 3.05) is 5.32 Å². The number of benzene rings is 1. The lowest BCUT2D eigenvalue weighted by Crippen LogP contribution is -2.10. The van der Waals surface area contributed by atoms with E-state index in [1.807, 2.05) is 37.3 Å². The van der Waals surface area contributed by atoms with Crippen LogP contribution in [0.2, 0.25) is 0 Å². The number of hydrogen-bond acceptors (Lipinski definition) is 2. The van der Waals surface area contributed by atoms with E-state index in [0.29, 0.717) is 10.8 Å². The Morgan fingerprint density at radius 1 is 1.44 bits per heavy atom. The fourth-order valence-electron chi connectivity index (χ4n) is 1.50. The highest BCUT2D eigenvalue weighted by molar-refractivity contribution is 9.11. The van der Waals surface area contributed by atoms with Gasteiger partial charge in [0.1, 0.15) is 0 Å². The van der Waals surface area contributed by atoms with Crippen LogP contribution in [0.1, 0.15) is 20.8 Å². The average molecular weight is 345 g/mol. The number of amides is 1. The molecular formula is C13H11BrClNOS. The highest BCUT2D eigenvalue weighted by atomic mass is 79.9. The highest BCUT2D eigenvalue weighted by Crippen LogP contribution is 2.28. The molecule has 0 saturated heterocycles. The molecule has 2 aromatic rings. The fraction of sp³-hybridized carbons (Fsp3) is 0.154. The van der Waals surface area contributed by atoms with Gasteiger partial charge in [0.15, 0.2) is 0 Å². The maximum atomic E-state index is 12.0. The van der Waals surface area contributed by atoms with Crippen LogP contribution in [0.15, 0.2) is 34.1 Å². The van der Waals surface area contributed by atoms with E-state index in [0.717, 1.165) is 20.6 Å². The van der Waals surface area contributed by atoms with Gasteiger partial charge in [-0.3, -0.25) is 4.79 Å². The predicted molar refractivity (Wildman–Crippen MR) is 80.7 cm³/mol.